The number of nitrogens with two attached hydrogens (primary N) is 2. The van der Waals surface area contributed by atoms with Crippen molar-refractivity contribution in [2.24, 2.45) is 10.9 Å². The van der Waals surface area contributed by atoms with E-state index in [2.05, 4.69) is 5.32 Å². The molecule has 0 saturated heterocycles. The Morgan fingerprint density at radius 3 is 2.27 bits per heavy atom. The van der Waals surface area contributed by atoms with Gasteiger partial charge in [0.05, 0.1) is 10.5 Å². The number of hydrogen-bond donors (Lipinski definition) is 4. The lowest BCUT2D eigenvalue weighted by Gasteiger charge is -2.10. The van der Waals surface area contributed by atoms with Crippen LogP contribution in [-0.4, -0.2) is 20.2 Å². The Bertz CT molecular complexity index is 1390. The summed E-state index contributed by atoms with van der Waals surface area (Å²) in [7, 11) is -3.94. The molecule has 3 rings (SSSR count). The summed E-state index contributed by atoms with van der Waals surface area (Å²) in [6.07, 6.45) is 0. The number of primary sulfonamides is 1. The zero-order chi connectivity index (χ0) is 24.3. The highest BCUT2D eigenvalue weighted by Gasteiger charge is 2.17. The van der Waals surface area contributed by atoms with Crippen LogP contribution in [0.2, 0.25) is 0 Å². The first-order valence-corrected chi connectivity index (χ1v) is 11.1. The molecule has 0 aromatic heterocycles. The molecular formula is C23H20F2N4O3S. The molecular weight excluding hydrogens is 450 g/mol. The van der Waals surface area contributed by atoms with Crippen molar-refractivity contribution in [1.29, 1.82) is 5.41 Å². The van der Waals surface area contributed by atoms with Crippen LogP contribution in [-0.2, 0) is 14.8 Å². The number of carbonyl (C=O) groups excluding carboxylic acids is 1. The van der Waals surface area contributed by atoms with Crippen molar-refractivity contribution in [3.63, 3.8) is 0 Å². The molecule has 0 aliphatic heterocycles. The van der Waals surface area contributed by atoms with Crippen LogP contribution in [0.4, 0.5) is 14.5 Å². The van der Waals surface area contributed by atoms with Crippen LogP contribution in [0.5, 0.6) is 0 Å². The Kier molecular flexibility index (Phi) is 6.70. The molecule has 0 radical (unpaired) electrons. The average molecular weight is 471 g/mol. The maximum atomic E-state index is 14.7. The van der Waals surface area contributed by atoms with E-state index in [1.54, 1.807) is 30.3 Å². The van der Waals surface area contributed by atoms with E-state index < -0.39 is 33.4 Å². The first-order chi connectivity index (χ1) is 15.5. The summed E-state index contributed by atoms with van der Waals surface area (Å²) >= 11 is 0. The van der Waals surface area contributed by atoms with E-state index in [1.807, 2.05) is 0 Å². The predicted molar refractivity (Wildman–Crippen MR) is 123 cm³/mol. The van der Waals surface area contributed by atoms with Crippen LogP contribution in [0.25, 0.3) is 16.7 Å². The third-order valence-electron chi connectivity index (χ3n) is 4.87. The number of allylic oxidation sites excluding steroid dienone is 1. The minimum Gasteiger partial charge on any atom is -0.384 e. The van der Waals surface area contributed by atoms with Crippen LogP contribution in [0.15, 0.2) is 77.5 Å². The molecule has 7 nitrogen and oxygen atoms in total. The van der Waals surface area contributed by atoms with Gasteiger partial charge in [-0.05, 0) is 54.0 Å². The molecule has 3 aromatic rings. The number of halogens is 2. The Morgan fingerprint density at radius 1 is 1.03 bits per heavy atom. The smallest absolute Gasteiger partial charge is 0.284 e. The van der Waals surface area contributed by atoms with Crippen LogP contribution >= 0.6 is 0 Å². The lowest BCUT2D eigenvalue weighted by atomic mass is 10.0. The van der Waals surface area contributed by atoms with Gasteiger partial charge in [-0.3, -0.25) is 10.2 Å². The topological polar surface area (TPSA) is 139 Å². The summed E-state index contributed by atoms with van der Waals surface area (Å²) in [5.74, 6) is -3.37. The highest BCUT2D eigenvalue weighted by Crippen LogP contribution is 2.28. The number of sulfonamides is 1. The number of nitrogens with one attached hydrogen (secondary N) is 2. The molecule has 0 atom stereocenters. The molecule has 0 fully saturated rings. The van der Waals surface area contributed by atoms with E-state index in [0.29, 0.717) is 11.1 Å². The summed E-state index contributed by atoms with van der Waals surface area (Å²) in [5.41, 5.74) is 6.45. The Hall–Kier alpha value is -3.89. The summed E-state index contributed by atoms with van der Waals surface area (Å²) in [6, 6.07) is 15.8. The second-order valence-electron chi connectivity index (χ2n) is 7.12. The zero-order valence-electron chi connectivity index (χ0n) is 17.4. The highest BCUT2D eigenvalue weighted by molar-refractivity contribution is 7.89. The van der Waals surface area contributed by atoms with Gasteiger partial charge in [-0.2, -0.15) is 0 Å². The second kappa shape index (κ2) is 9.31. The van der Waals surface area contributed by atoms with Gasteiger partial charge in [-0.15, -0.1) is 0 Å². The van der Waals surface area contributed by atoms with E-state index in [1.165, 1.54) is 37.3 Å². The van der Waals surface area contributed by atoms with Crippen molar-refractivity contribution < 1.29 is 22.0 Å². The van der Waals surface area contributed by atoms with Gasteiger partial charge in [0.15, 0.2) is 5.83 Å². The number of amides is 1. The molecule has 0 bridgehead atoms. The van der Waals surface area contributed by atoms with E-state index in [9.17, 15) is 22.0 Å². The molecule has 1 amide bonds. The molecule has 6 N–H and O–H groups in total. The number of anilines is 1. The second-order valence-corrected chi connectivity index (χ2v) is 8.65. The minimum atomic E-state index is -3.94. The monoisotopic (exact) mass is 470 g/mol. The maximum Gasteiger partial charge on any atom is 0.284 e. The largest absolute Gasteiger partial charge is 0.384 e. The maximum absolute atomic E-state index is 14.7. The average Bonchev–Trinajstić information content (AvgIpc) is 2.78. The van der Waals surface area contributed by atoms with Crippen LogP contribution in [0.3, 0.4) is 0 Å². The van der Waals surface area contributed by atoms with Crippen molar-refractivity contribution in [3.05, 3.63) is 89.5 Å². The van der Waals surface area contributed by atoms with Crippen LogP contribution < -0.4 is 16.2 Å². The molecule has 3 aromatic carbocycles. The quantitative estimate of drug-likeness (QED) is 0.247. The summed E-state index contributed by atoms with van der Waals surface area (Å²) in [4.78, 5) is 12.3. The van der Waals surface area contributed by atoms with Gasteiger partial charge < -0.3 is 11.1 Å². The van der Waals surface area contributed by atoms with E-state index in [4.69, 9.17) is 16.3 Å². The fraction of sp³-hybridized carbons (Fsp3) is 0.0435. The Labute approximate surface area is 189 Å². The molecule has 0 unspecified atom stereocenters. The standard InChI is InChI=1S/C23H20F2N4O3S/c1-13(15-8-11-19(24)18(12-15)22(26)27)21(25)23(30)29-16-9-6-14(7-10-16)17-4-2-3-5-20(17)33(28,31)32/h2-12H,1H3,(H3,26,27)(H,29,30)(H2,28,31,32)/b21-13+. The van der Waals surface area contributed by atoms with Crippen molar-refractivity contribution in [2.45, 2.75) is 11.8 Å². The van der Waals surface area contributed by atoms with Crippen molar-refractivity contribution in [2.75, 3.05) is 5.32 Å². The lowest BCUT2D eigenvalue weighted by Crippen LogP contribution is -2.15. The first-order valence-electron chi connectivity index (χ1n) is 9.53. The summed E-state index contributed by atoms with van der Waals surface area (Å²) in [6.45, 7) is 1.35. The van der Waals surface area contributed by atoms with Gasteiger partial charge in [-0.25, -0.2) is 22.3 Å². The molecule has 0 heterocycles. The number of hydrogen-bond acceptors (Lipinski definition) is 4. The number of nitrogen functional groups attached to an aromatic ring is 1. The fourth-order valence-electron chi connectivity index (χ4n) is 3.13. The molecule has 0 aliphatic rings. The van der Waals surface area contributed by atoms with E-state index >= 15 is 0 Å². The molecule has 170 valence electrons. The molecule has 0 saturated carbocycles. The highest BCUT2D eigenvalue weighted by atomic mass is 32.2. The zero-order valence-corrected chi connectivity index (χ0v) is 18.2. The molecule has 33 heavy (non-hydrogen) atoms. The minimum absolute atomic E-state index is 0.0457. The summed E-state index contributed by atoms with van der Waals surface area (Å²) < 4.78 is 52.1. The Balaban J connectivity index is 1.84. The van der Waals surface area contributed by atoms with E-state index in [0.717, 1.165) is 6.07 Å². The number of carbonyl (C=O) groups is 1. The number of rotatable bonds is 6. The van der Waals surface area contributed by atoms with Crippen molar-refractivity contribution >= 4 is 33.0 Å². The predicted octanol–water partition coefficient (Wildman–Crippen LogP) is 3.76. The van der Waals surface area contributed by atoms with Gasteiger partial charge in [0, 0.05) is 11.3 Å². The molecule has 10 heteroatoms. The van der Waals surface area contributed by atoms with Gasteiger partial charge >= 0.3 is 0 Å². The van der Waals surface area contributed by atoms with Gasteiger partial charge in [-0.1, -0.05) is 36.4 Å². The molecule has 0 spiro atoms. The first kappa shape index (κ1) is 23.8. The van der Waals surface area contributed by atoms with Gasteiger partial charge in [0.25, 0.3) is 5.91 Å². The third-order valence-corrected chi connectivity index (χ3v) is 5.83. The third kappa shape index (κ3) is 5.30. The fourth-order valence-corrected chi connectivity index (χ4v) is 3.89. The Morgan fingerprint density at radius 2 is 1.67 bits per heavy atom. The van der Waals surface area contributed by atoms with E-state index in [-0.39, 0.29) is 27.3 Å². The summed E-state index contributed by atoms with van der Waals surface area (Å²) in [5, 5.41) is 15.1. The number of amidine groups is 1. The van der Waals surface area contributed by atoms with Crippen LogP contribution in [0.1, 0.15) is 18.1 Å². The van der Waals surface area contributed by atoms with Crippen molar-refractivity contribution in [1.82, 2.24) is 0 Å². The number of benzene rings is 3. The van der Waals surface area contributed by atoms with Crippen LogP contribution in [0, 0.1) is 11.2 Å². The van der Waals surface area contributed by atoms with Gasteiger partial charge in [0.2, 0.25) is 10.0 Å². The molecule has 0 aliphatic carbocycles. The SMILES string of the molecule is C/C(=C(\F)C(=O)Nc1ccc(-c2ccccc2S(N)(=O)=O)cc1)c1ccc(F)c(C(=N)N)c1. The van der Waals surface area contributed by atoms with Crippen molar-refractivity contribution in [3.8, 4) is 11.1 Å². The van der Waals surface area contributed by atoms with Gasteiger partial charge in [0.1, 0.15) is 11.7 Å². The lowest BCUT2D eigenvalue weighted by molar-refractivity contribution is -0.114. The normalized spacial score (nSPS) is 12.1.